The molecule has 0 aliphatic heterocycles. The summed E-state index contributed by atoms with van der Waals surface area (Å²) in [6.45, 7) is 3.81. The van der Waals surface area contributed by atoms with Crippen LogP contribution in [0.4, 0.5) is 4.39 Å². The second kappa shape index (κ2) is 7.34. The standard InChI is InChI=1S/C13H17ClFNO2/c1-3-16(7-6-13(17)18-2)9-10-8-11(15)4-5-12(10)14/h4-5,8H,3,6-7,9H2,1-2H3. The maximum Gasteiger partial charge on any atom is 0.306 e. The van der Waals surface area contributed by atoms with Crippen LogP contribution in [0.1, 0.15) is 18.9 Å². The molecule has 0 aliphatic carbocycles. The number of nitrogens with zero attached hydrogens (tertiary/aromatic N) is 1. The summed E-state index contributed by atoms with van der Waals surface area (Å²) in [6, 6.07) is 4.29. The molecule has 100 valence electrons. The number of hydrogen-bond acceptors (Lipinski definition) is 3. The van der Waals surface area contributed by atoms with Crippen LogP contribution in [0.15, 0.2) is 18.2 Å². The predicted molar refractivity (Wildman–Crippen MR) is 69.0 cm³/mol. The van der Waals surface area contributed by atoms with Gasteiger partial charge in [0.25, 0.3) is 0 Å². The van der Waals surface area contributed by atoms with Crippen LogP contribution in [-0.2, 0) is 16.1 Å². The number of benzene rings is 1. The van der Waals surface area contributed by atoms with E-state index in [1.807, 2.05) is 11.8 Å². The molecule has 0 heterocycles. The molecule has 0 amide bonds. The van der Waals surface area contributed by atoms with E-state index in [2.05, 4.69) is 4.74 Å². The molecule has 0 spiro atoms. The fourth-order valence-corrected chi connectivity index (χ4v) is 1.78. The van der Waals surface area contributed by atoms with E-state index < -0.39 is 0 Å². The van der Waals surface area contributed by atoms with Crippen LogP contribution in [-0.4, -0.2) is 31.1 Å². The minimum Gasteiger partial charge on any atom is -0.469 e. The van der Waals surface area contributed by atoms with Gasteiger partial charge in [0.1, 0.15) is 5.82 Å². The zero-order valence-electron chi connectivity index (χ0n) is 10.6. The Balaban J connectivity index is 2.62. The van der Waals surface area contributed by atoms with Crippen molar-refractivity contribution in [2.75, 3.05) is 20.2 Å². The maximum atomic E-state index is 13.1. The molecule has 0 bridgehead atoms. The van der Waals surface area contributed by atoms with Crippen LogP contribution in [0.2, 0.25) is 5.02 Å². The Morgan fingerprint density at radius 3 is 2.83 bits per heavy atom. The molecule has 3 nitrogen and oxygen atoms in total. The van der Waals surface area contributed by atoms with Crippen molar-refractivity contribution < 1.29 is 13.9 Å². The quantitative estimate of drug-likeness (QED) is 0.747. The Bertz CT molecular complexity index is 412. The Hall–Kier alpha value is -1.13. The fourth-order valence-electron chi connectivity index (χ4n) is 1.61. The zero-order valence-corrected chi connectivity index (χ0v) is 11.3. The number of halogens is 2. The lowest BCUT2D eigenvalue weighted by molar-refractivity contribution is -0.141. The van der Waals surface area contributed by atoms with E-state index in [-0.39, 0.29) is 11.8 Å². The summed E-state index contributed by atoms with van der Waals surface area (Å²) in [5.74, 6) is -0.558. The van der Waals surface area contributed by atoms with Crippen molar-refractivity contribution in [2.24, 2.45) is 0 Å². The Morgan fingerprint density at radius 2 is 2.22 bits per heavy atom. The smallest absolute Gasteiger partial charge is 0.306 e. The molecule has 1 aromatic rings. The second-order valence-electron chi connectivity index (χ2n) is 3.93. The largest absolute Gasteiger partial charge is 0.469 e. The average Bonchev–Trinajstić information content (AvgIpc) is 2.37. The minimum atomic E-state index is -0.307. The van der Waals surface area contributed by atoms with Gasteiger partial charge >= 0.3 is 5.97 Å². The predicted octanol–water partition coefficient (Wildman–Crippen LogP) is 2.86. The Morgan fingerprint density at radius 1 is 1.50 bits per heavy atom. The SMILES string of the molecule is CCN(CCC(=O)OC)Cc1cc(F)ccc1Cl. The van der Waals surface area contributed by atoms with E-state index in [1.165, 1.54) is 19.2 Å². The number of ether oxygens (including phenoxy) is 1. The van der Waals surface area contributed by atoms with Gasteiger partial charge in [-0.2, -0.15) is 0 Å². The van der Waals surface area contributed by atoms with Gasteiger partial charge in [0, 0.05) is 18.1 Å². The van der Waals surface area contributed by atoms with E-state index in [1.54, 1.807) is 6.07 Å². The summed E-state index contributed by atoms with van der Waals surface area (Å²) < 4.78 is 17.7. The van der Waals surface area contributed by atoms with Crippen molar-refractivity contribution in [3.63, 3.8) is 0 Å². The topological polar surface area (TPSA) is 29.5 Å². The van der Waals surface area contributed by atoms with Crippen molar-refractivity contribution >= 4 is 17.6 Å². The molecule has 0 aromatic heterocycles. The van der Waals surface area contributed by atoms with Crippen molar-refractivity contribution in [2.45, 2.75) is 19.9 Å². The number of hydrogen-bond donors (Lipinski definition) is 0. The molecule has 0 atom stereocenters. The van der Waals surface area contributed by atoms with Crippen LogP contribution in [0.5, 0.6) is 0 Å². The van der Waals surface area contributed by atoms with E-state index in [0.29, 0.717) is 24.5 Å². The molecule has 1 rings (SSSR count). The minimum absolute atomic E-state index is 0.251. The average molecular weight is 274 g/mol. The van der Waals surface area contributed by atoms with Crippen LogP contribution in [0, 0.1) is 5.82 Å². The van der Waals surface area contributed by atoms with Crippen LogP contribution in [0.3, 0.4) is 0 Å². The van der Waals surface area contributed by atoms with Crippen molar-refractivity contribution in [1.82, 2.24) is 4.90 Å². The first-order chi connectivity index (χ1) is 8.56. The third kappa shape index (κ3) is 4.63. The van der Waals surface area contributed by atoms with Gasteiger partial charge in [-0.15, -0.1) is 0 Å². The van der Waals surface area contributed by atoms with Crippen LogP contribution >= 0.6 is 11.6 Å². The Labute approximate surface area is 111 Å². The highest BCUT2D eigenvalue weighted by molar-refractivity contribution is 6.31. The summed E-state index contributed by atoms with van der Waals surface area (Å²) in [5, 5.41) is 0.535. The molecule has 5 heteroatoms. The first-order valence-electron chi connectivity index (χ1n) is 5.80. The monoisotopic (exact) mass is 273 g/mol. The summed E-state index contributed by atoms with van der Waals surface area (Å²) >= 11 is 6.00. The lowest BCUT2D eigenvalue weighted by Crippen LogP contribution is -2.26. The fraction of sp³-hybridized carbons (Fsp3) is 0.462. The third-order valence-electron chi connectivity index (χ3n) is 2.71. The number of rotatable bonds is 6. The molecule has 0 N–H and O–H groups in total. The van der Waals surface area contributed by atoms with Gasteiger partial charge in [-0.25, -0.2) is 4.39 Å². The van der Waals surface area contributed by atoms with Crippen LogP contribution < -0.4 is 0 Å². The van der Waals surface area contributed by atoms with Gasteiger partial charge in [-0.05, 0) is 30.3 Å². The first kappa shape index (κ1) is 14.9. The molecule has 0 aliphatic rings. The number of esters is 1. The van der Waals surface area contributed by atoms with Gasteiger partial charge in [0.05, 0.1) is 13.5 Å². The summed E-state index contributed by atoms with van der Waals surface area (Å²) in [5.41, 5.74) is 0.725. The molecule has 0 saturated heterocycles. The van der Waals surface area contributed by atoms with E-state index in [9.17, 15) is 9.18 Å². The van der Waals surface area contributed by atoms with Crippen molar-refractivity contribution in [3.8, 4) is 0 Å². The van der Waals surface area contributed by atoms with Crippen molar-refractivity contribution in [3.05, 3.63) is 34.6 Å². The van der Waals surface area contributed by atoms with Gasteiger partial charge in [0.15, 0.2) is 0 Å². The highest BCUT2D eigenvalue weighted by Crippen LogP contribution is 2.19. The second-order valence-corrected chi connectivity index (χ2v) is 4.34. The molecule has 0 unspecified atom stereocenters. The summed E-state index contributed by atoms with van der Waals surface area (Å²) in [4.78, 5) is 13.1. The molecule has 18 heavy (non-hydrogen) atoms. The van der Waals surface area contributed by atoms with E-state index in [0.717, 1.165) is 12.1 Å². The first-order valence-corrected chi connectivity index (χ1v) is 6.17. The molecule has 0 radical (unpaired) electrons. The number of carbonyl (C=O) groups is 1. The summed E-state index contributed by atoms with van der Waals surface area (Å²) in [7, 11) is 1.36. The lowest BCUT2D eigenvalue weighted by atomic mass is 10.2. The lowest BCUT2D eigenvalue weighted by Gasteiger charge is -2.20. The molecule has 0 fully saturated rings. The summed E-state index contributed by atoms with van der Waals surface area (Å²) in [6.07, 6.45) is 0.317. The number of methoxy groups -OCH3 is 1. The third-order valence-corrected chi connectivity index (χ3v) is 3.08. The molecule has 1 aromatic carbocycles. The van der Waals surface area contributed by atoms with Crippen molar-refractivity contribution in [1.29, 1.82) is 0 Å². The normalized spacial score (nSPS) is 10.7. The highest BCUT2D eigenvalue weighted by Gasteiger charge is 2.10. The Kier molecular flexibility index (Phi) is 6.09. The van der Waals surface area contributed by atoms with E-state index >= 15 is 0 Å². The van der Waals surface area contributed by atoms with E-state index in [4.69, 9.17) is 11.6 Å². The van der Waals surface area contributed by atoms with Gasteiger partial charge < -0.3 is 4.74 Å². The maximum absolute atomic E-state index is 13.1. The number of carbonyl (C=O) groups excluding carboxylic acids is 1. The zero-order chi connectivity index (χ0) is 13.5. The van der Waals surface area contributed by atoms with Gasteiger partial charge in [-0.1, -0.05) is 18.5 Å². The van der Waals surface area contributed by atoms with Gasteiger partial charge in [-0.3, -0.25) is 9.69 Å². The highest BCUT2D eigenvalue weighted by atomic mass is 35.5. The molecular weight excluding hydrogens is 257 g/mol. The molecular formula is C13H17ClFNO2. The molecule has 0 saturated carbocycles. The van der Waals surface area contributed by atoms with Gasteiger partial charge in [0.2, 0.25) is 0 Å². The van der Waals surface area contributed by atoms with Crippen LogP contribution in [0.25, 0.3) is 0 Å².